The quantitative estimate of drug-likeness (QED) is 0.483. The zero-order valence-electron chi connectivity index (χ0n) is 12.2. The highest BCUT2D eigenvalue weighted by Crippen LogP contribution is 2.13. The molecule has 0 spiro atoms. The summed E-state index contributed by atoms with van der Waals surface area (Å²) < 4.78 is 10.9. The van der Waals surface area contributed by atoms with Crippen molar-refractivity contribution in [1.82, 2.24) is 4.90 Å². The molecule has 0 atom stereocenters. The molecule has 1 rings (SSSR count). The van der Waals surface area contributed by atoms with Crippen LogP contribution in [0.3, 0.4) is 0 Å². The van der Waals surface area contributed by atoms with Crippen LogP contribution in [0.15, 0.2) is 0 Å². The van der Waals surface area contributed by atoms with Gasteiger partial charge in [0.05, 0.1) is 5.75 Å². The van der Waals surface area contributed by atoms with E-state index in [-0.39, 0.29) is 12.2 Å². The van der Waals surface area contributed by atoms with Gasteiger partial charge < -0.3 is 14.4 Å². The maximum atomic E-state index is 11.9. The lowest BCUT2D eigenvalue weighted by Gasteiger charge is -2.26. The number of likely N-dealkylation sites (tertiary alicyclic amines) is 1. The fourth-order valence-corrected chi connectivity index (χ4v) is 3.02. The average Bonchev–Trinajstić information content (AvgIpc) is 2.44. The molecule has 0 N–H and O–H groups in total. The minimum Gasteiger partial charge on any atom is -0.353 e. The predicted octanol–water partition coefficient (Wildman–Crippen LogP) is 2.52. The van der Waals surface area contributed by atoms with E-state index in [2.05, 4.69) is 0 Å². The van der Waals surface area contributed by atoms with Crippen molar-refractivity contribution in [2.75, 3.05) is 37.8 Å². The summed E-state index contributed by atoms with van der Waals surface area (Å²) in [6.07, 6.45) is 4.31. The Morgan fingerprint density at radius 1 is 1.16 bits per heavy atom. The molecule has 0 aromatic heterocycles. The van der Waals surface area contributed by atoms with E-state index in [1.54, 1.807) is 11.8 Å². The number of amides is 1. The highest BCUT2D eigenvalue weighted by molar-refractivity contribution is 7.99. The van der Waals surface area contributed by atoms with Gasteiger partial charge in [-0.1, -0.05) is 0 Å². The fourth-order valence-electron chi connectivity index (χ4n) is 2.16. The molecule has 4 nitrogen and oxygen atoms in total. The van der Waals surface area contributed by atoms with Crippen LogP contribution in [0.25, 0.3) is 0 Å². The summed E-state index contributed by atoms with van der Waals surface area (Å²) >= 11 is 1.68. The molecule has 1 aliphatic rings. The maximum Gasteiger partial charge on any atom is 0.232 e. The van der Waals surface area contributed by atoms with Gasteiger partial charge in [-0.2, -0.15) is 11.8 Å². The van der Waals surface area contributed by atoms with E-state index in [0.29, 0.717) is 19.0 Å². The molecular formula is C14H27NO3S. The summed E-state index contributed by atoms with van der Waals surface area (Å²) in [6, 6.07) is 0. The lowest BCUT2D eigenvalue weighted by atomic mass is 10.1. The van der Waals surface area contributed by atoms with Gasteiger partial charge in [0.1, 0.15) is 0 Å². The van der Waals surface area contributed by atoms with Crippen LogP contribution in [0.5, 0.6) is 0 Å². The molecule has 1 amide bonds. The van der Waals surface area contributed by atoms with E-state index in [1.165, 1.54) is 6.42 Å². The van der Waals surface area contributed by atoms with Gasteiger partial charge in [-0.05, 0) is 38.9 Å². The molecule has 0 unspecified atom stereocenters. The third kappa shape index (κ3) is 7.18. The number of ether oxygens (including phenoxy) is 2. The van der Waals surface area contributed by atoms with Crippen LogP contribution in [-0.2, 0) is 14.3 Å². The largest absolute Gasteiger partial charge is 0.353 e. The van der Waals surface area contributed by atoms with Gasteiger partial charge >= 0.3 is 0 Å². The van der Waals surface area contributed by atoms with Crippen LogP contribution < -0.4 is 0 Å². The van der Waals surface area contributed by atoms with Crippen LogP contribution in [0, 0.1) is 0 Å². The number of nitrogens with zero attached hydrogens (tertiary/aromatic N) is 1. The molecule has 0 radical (unpaired) electrons. The second-order valence-corrected chi connectivity index (χ2v) is 5.73. The zero-order valence-corrected chi connectivity index (χ0v) is 13.0. The number of piperidine rings is 1. The first-order chi connectivity index (χ1) is 9.27. The average molecular weight is 289 g/mol. The van der Waals surface area contributed by atoms with E-state index >= 15 is 0 Å². The molecule has 1 heterocycles. The van der Waals surface area contributed by atoms with Crippen molar-refractivity contribution in [1.29, 1.82) is 0 Å². The number of thioether (sulfide) groups is 1. The summed E-state index contributed by atoms with van der Waals surface area (Å²) in [5, 5.41) is 0. The van der Waals surface area contributed by atoms with Crippen molar-refractivity contribution in [3.8, 4) is 0 Å². The van der Waals surface area contributed by atoms with Gasteiger partial charge in [0, 0.05) is 32.7 Å². The normalized spacial score (nSPS) is 16.1. The molecule has 1 fully saturated rings. The van der Waals surface area contributed by atoms with Gasteiger partial charge in [-0.3, -0.25) is 4.79 Å². The molecule has 0 bridgehead atoms. The molecule has 0 aromatic rings. The number of hydrogen-bond donors (Lipinski definition) is 0. The lowest BCUT2D eigenvalue weighted by molar-refractivity contribution is -0.136. The highest BCUT2D eigenvalue weighted by Gasteiger charge is 2.16. The van der Waals surface area contributed by atoms with Crippen molar-refractivity contribution in [2.45, 2.75) is 45.8 Å². The van der Waals surface area contributed by atoms with Crippen molar-refractivity contribution < 1.29 is 14.3 Å². The molecular weight excluding hydrogens is 262 g/mol. The summed E-state index contributed by atoms with van der Waals surface area (Å²) in [5.41, 5.74) is 0. The topological polar surface area (TPSA) is 38.8 Å². The smallest absolute Gasteiger partial charge is 0.232 e. The van der Waals surface area contributed by atoms with Gasteiger partial charge in [0.25, 0.3) is 0 Å². The van der Waals surface area contributed by atoms with Crippen molar-refractivity contribution >= 4 is 17.7 Å². The van der Waals surface area contributed by atoms with E-state index in [1.807, 2.05) is 18.7 Å². The predicted molar refractivity (Wildman–Crippen MR) is 79.4 cm³/mol. The van der Waals surface area contributed by atoms with Gasteiger partial charge in [0.2, 0.25) is 5.91 Å². The Kier molecular flexibility index (Phi) is 9.30. The Balaban J connectivity index is 2.09. The molecule has 5 heteroatoms. The van der Waals surface area contributed by atoms with Crippen molar-refractivity contribution in [3.63, 3.8) is 0 Å². The SMILES string of the molecule is CCOC(CCSCC(=O)N1CCCCC1)OCC. The van der Waals surface area contributed by atoms with Gasteiger partial charge in [-0.15, -0.1) is 0 Å². The van der Waals surface area contributed by atoms with Gasteiger partial charge in [-0.25, -0.2) is 0 Å². The Morgan fingerprint density at radius 3 is 2.37 bits per heavy atom. The number of rotatable bonds is 9. The van der Waals surface area contributed by atoms with Crippen molar-refractivity contribution in [2.24, 2.45) is 0 Å². The summed E-state index contributed by atoms with van der Waals surface area (Å²) in [5.74, 6) is 1.78. The van der Waals surface area contributed by atoms with E-state index in [9.17, 15) is 4.79 Å². The molecule has 0 saturated carbocycles. The second-order valence-electron chi connectivity index (χ2n) is 4.62. The first-order valence-corrected chi connectivity index (χ1v) is 8.52. The van der Waals surface area contributed by atoms with E-state index in [0.717, 1.165) is 38.1 Å². The van der Waals surface area contributed by atoms with Gasteiger partial charge in [0.15, 0.2) is 6.29 Å². The van der Waals surface area contributed by atoms with Crippen molar-refractivity contribution in [3.05, 3.63) is 0 Å². The second kappa shape index (κ2) is 10.5. The lowest BCUT2D eigenvalue weighted by Crippen LogP contribution is -2.36. The maximum absolute atomic E-state index is 11.9. The molecule has 1 aliphatic heterocycles. The first-order valence-electron chi connectivity index (χ1n) is 7.36. The minimum absolute atomic E-state index is 0.118. The summed E-state index contributed by atoms with van der Waals surface area (Å²) in [7, 11) is 0. The third-order valence-corrected chi connectivity index (χ3v) is 4.11. The molecule has 112 valence electrons. The molecule has 0 aromatic carbocycles. The third-order valence-electron chi connectivity index (χ3n) is 3.14. The first kappa shape index (κ1) is 16.8. The molecule has 0 aliphatic carbocycles. The Morgan fingerprint density at radius 2 is 1.79 bits per heavy atom. The van der Waals surface area contributed by atoms with Crippen LogP contribution in [0.2, 0.25) is 0 Å². The Bertz CT molecular complexity index is 239. The zero-order chi connectivity index (χ0) is 13.9. The number of hydrogen-bond acceptors (Lipinski definition) is 4. The van der Waals surface area contributed by atoms with Crippen LogP contribution in [0.4, 0.5) is 0 Å². The van der Waals surface area contributed by atoms with E-state index in [4.69, 9.17) is 9.47 Å². The summed E-state index contributed by atoms with van der Waals surface area (Å²) in [4.78, 5) is 13.9. The molecule has 19 heavy (non-hydrogen) atoms. The highest BCUT2D eigenvalue weighted by atomic mass is 32.2. The fraction of sp³-hybridized carbons (Fsp3) is 0.929. The number of carbonyl (C=O) groups is 1. The summed E-state index contributed by atoms with van der Waals surface area (Å²) in [6.45, 7) is 7.17. The monoisotopic (exact) mass is 289 g/mol. The minimum atomic E-state index is -0.118. The molecule has 1 saturated heterocycles. The standard InChI is InChI=1S/C14H27NO3S/c1-3-17-14(18-4-2)8-11-19-12-13(16)15-9-6-5-7-10-15/h14H,3-12H2,1-2H3. The Hall–Kier alpha value is -0.260. The van der Waals surface area contributed by atoms with E-state index < -0.39 is 0 Å². The number of carbonyl (C=O) groups excluding carboxylic acids is 1. The van der Waals surface area contributed by atoms with Crippen LogP contribution in [-0.4, -0.2) is 54.9 Å². The van der Waals surface area contributed by atoms with Crippen LogP contribution >= 0.6 is 11.8 Å². The Labute approximate surface area is 121 Å². The van der Waals surface area contributed by atoms with Crippen LogP contribution in [0.1, 0.15) is 39.5 Å².